The van der Waals surface area contributed by atoms with Crippen molar-refractivity contribution in [2.24, 2.45) is 11.7 Å². The van der Waals surface area contributed by atoms with Crippen molar-refractivity contribution in [3.8, 4) is 5.75 Å². The number of ether oxygens (including phenoxy) is 1. The van der Waals surface area contributed by atoms with Crippen LogP contribution < -0.4 is 10.5 Å². The highest BCUT2D eigenvalue weighted by molar-refractivity contribution is 7.84. The molecule has 0 saturated heterocycles. The first kappa shape index (κ1) is 14.5. The Bertz CT molecular complexity index is 442. The molecule has 3 nitrogen and oxygen atoms in total. The van der Waals surface area contributed by atoms with Crippen LogP contribution in [0.3, 0.4) is 0 Å². The lowest BCUT2D eigenvalue weighted by atomic mass is 10.1. The van der Waals surface area contributed by atoms with Crippen molar-refractivity contribution < 1.29 is 8.95 Å². The fourth-order valence-electron chi connectivity index (χ4n) is 2.74. The Hall–Kier alpha value is -0.870. The summed E-state index contributed by atoms with van der Waals surface area (Å²) in [6.45, 7) is 0.506. The van der Waals surface area contributed by atoms with Gasteiger partial charge in [0.1, 0.15) is 5.75 Å². The predicted molar refractivity (Wildman–Crippen MR) is 79.6 cm³/mol. The van der Waals surface area contributed by atoms with Crippen molar-refractivity contribution >= 4 is 10.8 Å². The summed E-state index contributed by atoms with van der Waals surface area (Å²) in [6.07, 6.45) is 5.08. The first-order valence-electron chi connectivity index (χ1n) is 6.93. The van der Waals surface area contributed by atoms with Gasteiger partial charge < -0.3 is 10.5 Å². The number of methoxy groups -OCH3 is 1. The lowest BCUT2D eigenvalue weighted by Gasteiger charge is -2.12. The molecule has 19 heavy (non-hydrogen) atoms. The third kappa shape index (κ3) is 4.05. The summed E-state index contributed by atoms with van der Waals surface area (Å²) < 4.78 is 17.6. The minimum absolute atomic E-state index is 0.506. The van der Waals surface area contributed by atoms with Gasteiger partial charge in [-0.15, -0.1) is 0 Å². The van der Waals surface area contributed by atoms with Crippen LogP contribution in [-0.2, 0) is 23.1 Å². The van der Waals surface area contributed by atoms with E-state index in [9.17, 15) is 4.21 Å². The maximum absolute atomic E-state index is 12.3. The van der Waals surface area contributed by atoms with Crippen LogP contribution in [0.1, 0.15) is 36.8 Å². The number of nitrogens with two attached hydrogens (primary N) is 1. The van der Waals surface area contributed by atoms with Crippen LogP contribution in [0.5, 0.6) is 5.75 Å². The minimum atomic E-state index is -0.804. The van der Waals surface area contributed by atoms with Crippen molar-refractivity contribution in [1.29, 1.82) is 0 Å². The Labute approximate surface area is 118 Å². The zero-order valence-corrected chi connectivity index (χ0v) is 12.4. The quantitative estimate of drug-likeness (QED) is 0.872. The molecule has 0 amide bonds. The molecule has 0 aromatic heterocycles. The topological polar surface area (TPSA) is 52.3 Å². The molecule has 1 aliphatic rings. The largest absolute Gasteiger partial charge is 0.496 e. The molecule has 4 heteroatoms. The minimum Gasteiger partial charge on any atom is -0.496 e. The average Bonchev–Trinajstić information content (AvgIpc) is 2.91. The van der Waals surface area contributed by atoms with E-state index in [4.69, 9.17) is 10.5 Å². The summed E-state index contributed by atoms with van der Waals surface area (Å²) in [5, 5.41) is 0. The van der Waals surface area contributed by atoms with E-state index >= 15 is 0 Å². The summed E-state index contributed by atoms with van der Waals surface area (Å²) in [4.78, 5) is 0. The first-order valence-corrected chi connectivity index (χ1v) is 8.42. The van der Waals surface area contributed by atoms with E-state index < -0.39 is 10.8 Å². The predicted octanol–water partition coefficient (Wildman–Crippen LogP) is 2.59. The third-order valence-corrected chi connectivity index (χ3v) is 5.27. The smallest absolute Gasteiger partial charge is 0.123 e. The Morgan fingerprint density at radius 2 is 2.11 bits per heavy atom. The SMILES string of the molecule is COc1ccc(CN)cc1CS(=O)CC1CCCC1. The summed E-state index contributed by atoms with van der Waals surface area (Å²) in [5.41, 5.74) is 7.74. The molecule has 2 rings (SSSR count). The summed E-state index contributed by atoms with van der Waals surface area (Å²) >= 11 is 0. The van der Waals surface area contributed by atoms with Gasteiger partial charge in [0, 0.05) is 28.7 Å². The monoisotopic (exact) mass is 281 g/mol. The van der Waals surface area contributed by atoms with Gasteiger partial charge in [-0.3, -0.25) is 4.21 Å². The normalized spacial score (nSPS) is 17.6. The molecule has 1 aliphatic carbocycles. The van der Waals surface area contributed by atoms with E-state index in [0.29, 0.717) is 18.2 Å². The van der Waals surface area contributed by atoms with E-state index in [0.717, 1.165) is 22.6 Å². The number of hydrogen-bond donors (Lipinski definition) is 1. The molecule has 1 fully saturated rings. The van der Waals surface area contributed by atoms with Crippen LogP contribution >= 0.6 is 0 Å². The van der Waals surface area contributed by atoms with Crippen LogP contribution in [0.4, 0.5) is 0 Å². The molecule has 0 heterocycles. The fraction of sp³-hybridized carbons (Fsp3) is 0.600. The molecule has 1 unspecified atom stereocenters. The molecule has 1 aromatic carbocycles. The summed E-state index contributed by atoms with van der Waals surface area (Å²) in [7, 11) is 0.850. The average molecular weight is 281 g/mol. The highest BCUT2D eigenvalue weighted by atomic mass is 32.2. The fourth-order valence-corrected chi connectivity index (χ4v) is 4.29. The van der Waals surface area contributed by atoms with Crippen molar-refractivity contribution in [2.45, 2.75) is 38.0 Å². The van der Waals surface area contributed by atoms with E-state index in [1.54, 1.807) is 7.11 Å². The second-order valence-corrected chi connectivity index (χ2v) is 6.75. The lowest BCUT2D eigenvalue weighted by Crippen LogP contribution is -2.10. The Balaban J connectivity index is 2.01. The maximum Gasteiger partial charge on any atom is 0.123 e. The molecule has 0 radical (unpaired) electrons. The lowest BCUT2D eigenvalue weighted by molar-refractivity contribution is 0.411. The molecule has 1 saturated carbocycles. The van der Waals surface area contributed by atoms with E-state index in [2.05, 4.69) is 0 Å². The van der Waals surface area contributed by atoms with Gasteiger partial charge in [0.2, 0.25) is 0 Å². The van der Waals surface area contributed by atoms with Crippen LogP contribution in [0.15, 0.2) is 18.2 Å². The zero-order chi connectivity index (χ0) is 13.7. The van der Waals surface area contributed by atoms with Gasteiger partial charge in [0.15, 0.2) is 0 Å². The molecule has 1 atom stereocenters. The molecule has 106 valence electrons. The molecule has 0 aliphatic heterocycles. The maximum atomic E-state index is 12.3. The van der Waals surface area contributed by atoms with E-state index in [1.807, 2.05) is 18.2 Å². The Morgan fingerprint density at radius 1 is 1.37 bits per heavy atom. The zero-order valence-electron chi connectivity index (χ0n) is 11.6. The van der Waals surface area contributed by atoms with Crippen LogP contribution in [0.2, 0.25) is 0 Å². The van der Waals surface area contributed by atoms with Crippen molar-refractivity contribution in [3.63, 3.8) is 0 Å². The van der Waals surface area contributed by atoms with E-state index in [1.165, 1.54) is 25.7 Å². The molecular formula is C15H23NO2S. The standard InChI is InChI=1S/C15H23NO2S/c1-18-15-7-6-13(9-16)8-14(15)11-19(17)10-12-4-2-3-5-12/h6-8,12H,2-5,9-11,16H2,1H3. The van der Waals surface area contributed by atoms with Crippen molar-refractivity contribution in [2.75, 3.05) is 12.9 Å². The molecule has 0 bridgehead atoms. The second kappa shape index (κ2) is 7.06. The Morgan fingerprint density at radius 3 is 2.74 bits per heavy atom. The van der Waals surface area contributed by atoms with Gasteiger partial charge in [-0.25, -0.2) is 0 Å². The molecule has 0 spiro atoms. The van der Waals surface area contributed by atoms with Crippen LogP contribution in [0, 0.1) is 5.92 Å². The molecular weight excluding hydrogens is 258 g/mol. The van der Waals surface area contributed by atoms with Gasteiger partial charge in [-0.1, -0.05) is 18.9 Å². The van der Waals surface area contributed by atoms with Gasteiger partial charge >= 0.3 is 0 Å². The number of benzene rings is 1. The van der Waals surface area contributed by atoms with E-state index in [-0.39, 0.29) is 0 Å². The van der Waals surface area contributed by atoms with Gasteiger partial charge in [-0.2, -0.15) is 0 Å². The highest BCUT2D eigenvalue weighted by Crippen LogP contribution is 2.27. The van der Waals surface area contributed by atoms with Gasteiger partial charge in [0.05, 0.1) is 12.9 Å². The van der Waals surface area contributed by atoms with Gasteiger partial charge in [-0.05, 0) is 36.5 Å². The van der Waals surface area contributed by atoms with Crippen LogP contribution in [0.25, 0.3) is 0 Å². The highest BCUT2D eigenvalue weighted by Gasteiger charge is 2.18. The third-order valence-electron chi connectivity index (χ3n) is 3.79. The van der Waals surface area contributed by atoms with Gasteiger partial charge in [0.25, 0.3) is 0 Å². The number of hydrogen-bond acceptors (Lipinski definition) is 3. The summed E-state index contributed by atoms with van der Waals surface area (Å²) in [5.74, 6) is 2.88. The Kier molecular flexibility index (Phi) is 5.40. The molecule has 1 aromatic rings. The summed E-state index contributed by atoms with van der Waals surface area (Å²) in [6, 6.07) is 5.90. The number of rotatable bonds is 6. The molecule has 2 N–H and O–H groups in total. The van der Waals surface area contributed by atoms with Crippen LogP contribution in [-0.4, -0.2) is 17.1 Å². The van der Waals surface area contributed by atoms with Crippen molar-refractivity contribution in [3.05, 3.63) is 29.3 Å². The van der Waals surface area contributed by atoms with Crippen molar-refractivity contribution in [1.82, 2.24) is 0 Å². The first-order chi connectivity index (χ1) is 9.22. The second-order valence-electron chi connectivity index (χ2n) is 5.25.